The lowest BCUT2D eigenvalue weighted by Gasteiger charge is -2.12. The summed E-state index contributed by atoms with van der Waals surface area (Å²) in [5.74, 6) is 0.159. The van der Waals surface area contributed by atoms with E-state index in [1.165, 1.54) is 56.7 Å². The van der Waals surface area contributed by atoms with Crippen LogP contribution in [0, 0.1) is 10.1 Å². The highest BCUT2D eigenvalue weighted by atomic mass is 32.2. The molecule has 0 fully saturated rings. The molecule has 0 saturated heterocycles. The molecule has 0 aliphatic rings. The average molecular weight is 367 g/mol. The van der Waals surface area contributed by atoms with Crippen molar-refractivity contribution in [2.24, 2.45) is 0 Å². The third-order valence-electron chi connectivity index (χ3n) is 3.14. The van der Waals surface area contributed by atoms with Crippen molar-refractivity contribution in [1.82, 2.24) is 9.29 Å². The van der Waals surface area contributed by atoms with E-state index in [-0.39, 0.29) is 29.7 Å². The molecule has 0 spiro atoms. The van der Waals surface area contributed by atoms with Crippen LogP contribution >= 0.6 is 0 Å². The number of aromatic nitrogens is 1. The first kappa shape index (κ1) is 18.6. The molecule has 0 aliphatic heterocycles. The molecule has 0 bridgehead atoms. The summed E-state index contributed by atoms with van der Waals surface area (Å²) in [6.07, 6.45) is 1.31. The van der Waals surface area contributed by atoms with Gasteiger partial charge in [0.2, 0.25) is 15.8 Å². The first-order valence-electron chi connectivity index (χ1n) is 7.20. The summed E-state index contributed by atoms with van der Waals surface area (Å²) in [5.41, 5.74) is 0. The van der Waals surface area contributed by atoms with E-state index < -0.39 is 14.9 Å². The minimum Gasteiger partial charge on any atom is -0.490 e. The highest BCUT2D eigenvalue weighted by Gasteiger charge is 2.17. The first-order chi connectivity index (χ1) is 11.8. The van der Waals surface area contributed by atoms with Crippen LogP contribution in [0.5, 0.6) is 11.5 Å². The fourth-order valence-electron chi connectivity index (χ4n) is 1.86. The first-order valence-corrected chi connectivity index (χ1v) is 8.64. The van der Waals surface area contributed by atoms with Crippen LogP contribution in [0.2, 0.25) is 0 Å². The third-order valence-corrected chi connectivity index (χ3v) is 4.97. The lowest BCUT2D eigenvalue weighted by molar-refractivity contribution is -0.390. The second kappa shape index (κ2) is 7.90. The van der Waals surface area contributed by atoms with E-state index in [2.05, 4.69) is 4.98 Å². The summed E-state index contributed by atoms with van der Waals surface area (Å²) in [4.78, 5) is 14.0. The Morgan fingerprint density at radius 2 is 1.76 bits per heavy atom. The van der Waals surface area contributed by atoms with Gasteiger partial charge in [-0.05, 0) is 46.3 Å². The van der Waals surface area contributed by atoms with E-state index in [0.29, 0.717) is 5.75 Å². The normalized spacial score (nSPS) is 11.3. The number of pyridine rings is 1. The zero-order valence-electron chi connectivity index (χ0n) is 13.7. The molecule has 0 saturated carbocycles. The lowest BCUT2D eigenvalue weighted by Crippen LogP contribution is -2.22. The molecule has 10 heteroatoms. The summed E-state index contributed by atoms with van der Waals surface area (Å²) in [6.45, 7) is 0.204. The van der Waals surface area contributed by atoms with Gasteiger partial charge in [0, 0.05) is 14.1 Å². The molecule has 0 radical (unpaired) electrons. The van der Waals surface area contributed by atoms with Crippen LogP contribution in [0.15, 0.2) is 47.5 Å². The number of nitro groups is 1. The molecule has 25 heavy (non-hydrogen) atoms. The number of sulfonamides is 1. The molecule has 0 N–H and O–H groups in total. The van der Waals surface area contributed by atoms with E-state index in [1.807, 2.05) is 0 Å². The SMILES string of the molecule is CN(C)S(=O)(=O)c1ccc(OCCOc2cccnc2[N+](=O)[O-])cc1. The van der Waals surface area contributed by atoms with Crippen LogP contribution in [0.4, 0.5) is 5.82 Å². The molecular weight excluding hydrogens is 350 g/mol. The molecule has 2 aromatic rings. The number of rotatable bonds is 8. The Morgan fingerprint density at radius 1 is 1.12 bits per heavy atom. The predicted octanol–water partition coefficient (Wildman–Crippen LogP) is 1.70. The number of hydrogen-bond donors (Lipinski definition) is 0. The van der Waals surface area contributed by atoms with Crippen molar-refractivity contribution in [2.45, 2.75) is 4.90 Å². The topological polar surface area (TPSA) is 112 Å². The molecule has 2 rings (SSSR count). The smallest absolute Gasteiger partial charge is 0.406 e. The Hall–Kier alpha value is -2.72. The van der Waals surface area contributed by atoms with Crippen molar-refractivity contribution in [1.29, 1.82) is 0 Å². The summed E-state index contributed by atoms with van der Waals surface area (Å²) in [5, 5.41) is 10.8. The monoisotopic (exact) mass is 367 g/mol. The van der Waals surface area contributed by atoms with E-state index in [0.717, 1.165) is 4.31 Å². The molecular formula is C15H17N3O6S. The molecule has 1 aromatic carbocycles. The van der Waals surface area contributed by atoms with E-state index >= 15 is 0 Å². The summed E-state index contributed by atoms with van der Waals surface area (Å²) < 4.78 is 35.8. The van der Waals surface area contributed by atoms with Crippen LogP contribution in [-0.4, -0.2) is 49.9 Å². The number of hydrogen-bond acceptors (Lipinski definition) is 7. The van der Waals surface area contributed by atoms with Crippen LogP contribution in [0.3, 0.4) is 0 Å². The molecule has 0 amide bonds. The van der Waals surface area contributed by atoms with Gasteiger partial charge in [0.05, 0.1) is 4.90 Å². The Kier molecular flexibility index (Phi) is 5.88. The second-order valence-electron chi connectivity index (χ2n) is 5.04. The van der Waals surface area contributed by atoms with Gasteiger partial charge < -0.3 is 19.6 Å². The van der Waals surface area contributed by atoms with Crippen molar-refractivity contribution in [3.8, 4) is 11.5 Å². The van der Waals surface area contributed by atoms with Gasteiger partial charge in [-0.15, -0.1) is 0 Å². The van der Waals surface area contributed by atoms with Gasteiger partial charge >= 0.3 is 5.82 Å². The van der Waals surface area contributed by atoms with Crippen LogP contribution in [0.1, 0.15) is 0 Å². The molecule has 0 atom stereocenters. The van der Waals surface area contributed by atoms with Gasteiger partial charge in [-0.3, -0.25) is 0 Å². The maximum atomic E-state index is 12.0. The van der Waals surface area contributed by atoms with Gasteiger partial charge in [-0.25, -0.2) is 12.7 Å². The number of benzene rings is 1. The third kappa shape index (κ3) is 4.64. The summed E-state index contributed by atoms with van der Waals surface area (Å²) in [7, 11) is -0.579. The summed E-state index contributed by atoms with van der Waals surface area (Å²) in [6, 6.07) is 8.93. The van der Waals surface area contributed by atoms with Gasteiger partial charge in [0.25, 0.3) is 0 Å². The molecule has 0 aliphatic carbocycles. The van der Waals surface area contributed by atoms with Gasteiger partial charge in [-0.1, -0.05) is 0 Å². The van der Waals surface area contributed by atoms with Crippen molar-refractivity contribution >= 4 is 15.8 Å². The molecule has 1 aromatic heterocycles. The van der Waals surface area contributed by atoms with Gasteiger partial charge in [0.1, 0.15) is 25.2 Å². The fourth-order valence-corrected chi connectivity index (χ4v) is 2.76. The number of nitrogens with zero attached hydrogens (tertiary/aromatic N) is 3. The van der Waals surface area contributed by atoms with E-state index in [9.17, 15) is 18.5 Å². The Balaban J connectivity index is 1.90. The van der Waals surface area contributed by atoms with E-state index in [1.54, 1.807) is 0 Å². The molecule has 134 valence electrons. The molecule has 1 heterocycles. The van der Waals surface area contributed by atoms with E-state index in [4.69, 9.17) is 9.47 Å². The van der Waals surface area contributed by atoms with Crippen molar-refractivity contribution in [2.75, 3.05) is 27.3 Å². The Morgan fingerprint density at radius 3 is 2.36 bits per heavy atom. The van der Waals surface area contributed by atoms with Crippen LogP contribution in [-0.2, 0) is 10.0 Å². The maximum Gasteiger partial charge on any atom is 0.406 e. The van der Waals surface area contributed by atoms with Crippen LogP contribution in [0.25, 0.3) is 0 Å². The Bertz CT molecular complexity index is 837. The van der Waals surface area contributed by atoms with Crippen molar-refractivity contribution < 1.29 is 22.8 Å². The minimum atomic E-state index is -3.49. The number of ether oxygens (including phenoxy) is 2. The quantitative estimate of drug-likeness (QED) is 0.396. The van der Waals surface area contributed by atoms with Crippen LogP contribution < -0.4 is 9.47 Å². The van der Waals surface area contributed by atoms with Crippen molar-refractivity contribution in [3.63, 3.8) is 0 Å². The molecule has 9 nitrogen and oxygen atoms in total. The zero-order chi connectivity index (χ0) is 18.4. The predicted molar refractivity (Wildman–Crippen MR) is 89.2 cm³/mol. The molecule has 0 unspecified atom stereocenters. The fraction of sp³-hybridized carbons (Fsp3) is 0.267. The van der Waals surface area contributed by atoms with Crippen molar-refractivity contribution in [3.05, 3.63) is 52.7 Å². The second-order valence-corrected chi connectivity index (χ2v) is 7.19. The zero-order valence-corrected chi connectivity index (χ0v) is 14.5. The standard InChI is InChI=1S/C15H17N3O6S/c1-17(2)25(21,22)13-7-5-12(6-8-13)23-10-11-24-14-4-3-9-16-15(14)18(19)20/h3-9H,10-11H2,1-2H3. The highest BCUT2D eigenvalue weighted by Crippen LogP contribution is 2.23. The summed E-state index contributed by atoms with van der Waals surface area (Å²) >= 11 is 0. The average Bonchev–Trinajstić information content (AvgIpc) is 2.59. The maximum absolute atomic E-state index is 12.0. The minimum absolute atomic E-state index is 0.0588. The highest BCUT2D eigenvalue weighted by molar-refractivity contribution is 7.89. The van der Waals surface area contributed by atoms with Gasteiger partial charge in [-0.2, -0.15) is 0 Å². The van der Waals surface area contributed by atoms with Gasteiger partial charge in [0.15, 0.2) is 0 Å². The Labute approximate surface area is 145 Å². The largest absolute Gasteiger partial charge is 0.490 e. The lowest BCUT2D eigenvalue weighted by atomic mass is 10.3.